The van der Waals surface area contributed by atoms with Crippen molar-refractivity contribution in [2.75, 3.05) is 16.8 Å². The molecule has 0 aliphatic heterocycles. The summed E-state index contributed by atoms with van der Waals surface area (Å²) in [6.07, 6.45) is 0. The lowest BCUT2D eigenvalue weighted by Crippen LogP contribution is -2.37. The summed E-state index contributed by atoms with van der Waals surface area (Å²) < 4.78 is 13.8. The van der Waals surface area contributed by atoms with E-state index in [2.05, 4.69) is 5.32 Å². The van der Waals surface area contributed by atoms with E-state index in [1.807, 2.05) is 6.92 Å². The molecule has 2 aromatic rings. The van der Waals surface area contributed by atoms with Crippen molar-refractivity contribution < 1.29 is 14.0 Å². The molecule has 0 bridgehead atoms. The number of hydrogen-bond acceptors (Lipinski definition) is 2. The molecule has 0 saturated carbocycles. The fraction of sp³-hybridized carbons (Fsp3) is 0.176. The van der Waals surface area contributed by atoms with Crippen LogP contribution >= 0.6 is 11.6 Å². The van der Waals surface area contributed by atoms with Gasteiger partial charge in [-0.15, -0.1) is 0 Å². The van der Waals surface area contributed by atoms with Crippen LogP contribution in [0.3, 0.4) is 0 Å². The molecule has 0 spiro atoms. The normalized spacial score (nSPS) is 10.3. The van der Waals surface area contributed by atoms with E-state index >= 15 is 0 Å². The van der Waals surface area contributed by atoms with Crippen molar-refractivity contribution in [2.45, 2.75) is 13.8 Å². The van der Waals surface area contributed by atoms with E-state index in [1.165, 1.54) is 25.1 Å². The van der Waals surface area contributed by atoms with Gasteiger partial charge in [-0.2, -0.15) is 0 Å². The number of hydrogen-bond donors (Lipinski definition) is 1. The van der Waals surface area contributed by atoms with Crippen molar-refractivity contribution in [3.8, 4) is 0 Å². The number of carbonyl (C=O) groups excluding carboxylic acids is 2. The smallest absolute Gasteiger partial charge is 0.244 e. The second-order valence-electron chi connectivity index (χ2n) is 5.07. The van der Waals surface area contributed by atoms with Gasteiger partial charge in [-0.05, 0) is 36.8 Å². The summed E-state index contributed by atoms with van der Waals surface area (Å²) in [6, 6.07) is 10.9. The van der Waals surface area contributed by atoms with Crippen LogP contribution in [0, 0.1) is 12.7 Å². The second-order valence-corrected chi connectivity index (χ2v) is 5.48. The van der Waals surface area contributed by atoms with E-state index in [9.17, 15) is 14.0 Å². The van der Waals surface area contributed by atoms with Gasteiger partial charge in [-0.25, -0.2) is 4.39 Å². The van der Waals surface area contributed by atoms with Crippen LogP contribution in [0.4, 0.5) is 15.8 Å². The van der Waals surface area contributed by atoms with Gasteiger partial charge < -0.3 is 10.2 Å². The third-order valence-electron chi connectivity index (χ3n) is 3.28. The lowest BCUT2D eigenvalue weighted by molar-refractivity contribution is -0.120. The van der Waals surface area contributed by atoms with E-state index in [1.54, 1.807) is 24.3 Å². The first-order chi connectivity index (χ1) is 10.9. The van der Waals surface area contributed by atoms with Crippen LogP contribution in [-0.4, -0.2) is 18.4 Å². The van der Waals surface area contributed by atoms with Gasteiger partial charge in [0.2, 0.25) is 11.8 Å². The zero-order chi connectivity index (χ0) is 17.0. The summed E-state index contributed by atoms with van der Waals surface area (Å²) in [5, 5.41) is 3.17. The molecule has 0 aliphatic carbocycles. The van der Waals surface area contributed by atoms with Crippen LogP contribution in [-0.2, 0) is 9.59 Å². The number of para-hydroxylation sites is 1. The number of amides is 2. The molecule has 23 heavy (non-hydrogen) atoms. The minimum Gasteiger partial charge on any atom is -0.324 e. The van der Waals surface area contributed by atoms with Crippen molar-refractivity contribution in [1.29, 1.82) is 0 Å². The van der Waals surface area contributed by atoms with Gasteiger partial charge in [-0.1, -0.05) is 29.8 Å². The van der Waals surface area contributed by atoms with Crippen LogP contribution in [0.5, 0.6) is 0 Å². The highest BCUT2D eigenvalue weighted by Gasteiger charge is 2.18. The summed E-state index contributed by atoms with van der Waals surface area (Å²) >= 11 is 6.00. The highest BCUT2D eigenvalue weighted by atomic mass is 35.5. The molecule has 0 radical (unpaired) electrons. The summed E-state index contributed by atoms with van der Waals surface area (Å²) in [5.74, 6) is -1.43. The largest absolute Gasteiger partial charge is 0.324 e. The molecule has 4 nitrogen and oxygen atoms in total. The highest BCUT2D eigenvalue weighted by Crippen LogP contribution is 2.21. The van der Waals surface area contributed by atoms with E-state index < -0.39 is 17.6 Å². The van der Waals surface area contributed by atoms with Gasteiger partial charge in [0.25, 0.3) is 0 Å². The first-order valence-corrected chi connectivity index (χ1v) is 7.35. The first kappa shape index (κ1) is 17.0. The zero-order valence-corrected chi connectivity index (χ0v) is 13.5. The average molecular weight is 335 g/mol. The molecule has 0 heterocycles. The Bertz CT molecular complexity index is 749. The van der Waals surface area contributed by atoms with E-state index in [-0.39, 0.29) is 12.2 Å². The van der Waals surface area contributed by atoms with E-state index in [0.717, 1.165) is 10.5 Å². The molecular weight excluding hydrogens is 319 g/mol. The van der Waals surface area contributed by atoms with Gasteiger partial charge in [0, 0.05) is 17.6 Å². The number of benzene rings is 2. The molecule has 1 N–H and O–H groups in total. The minimum absolute atomic E-state index is 0.0667. The van der Waals surface area contributed by atoms with Gasteiger partial charge in [0.05, 0.1) is 5.69 Å². The Morgan fingerprint density at radius 2 is 1.91 bits per heavy atom. The van der Waals surface area contributed by atoms with Crippen molar-refractivity contribution in [3.05, 3.63) is 58.9 Å². The molecule has 6 heteroatoms. The van der Waals surface area contributed by atoms with Crippen molar-refractivity contribution in [1.82, 2.24) is 0 Å². The summed E-state index contributed by atoms with van der Waals surface area (Å²) in [7, 11) is 0. The van der Waals surface area contributed by atoms with Crippen LogP contribution in [0.25, 0.3) is 0 Å². The Labute approximate surface area is 138 Å². The molecule has 0 fully saturated rings. The Hall–Kier alpha value is -2.40. The van der Waals surface area contributed by atoms with E-state index in [0.29, 0.717) is 10.7 Å². The molecule has 2 aromatic carbocycles. The van der Waals surface area contributed by atoms with Gasteiger partial charge in [-0.3, -0.25) is 9.59 Å². The summed E-state index contributed by atoms with van der Waals surface area (Å²) in [6.45, 7) is 2.84. The summed E-state index contributed by atoms with van der Waals surface area (Å²) in [4.78, 5) is 25.0. The van der Waals surface area contributed by atoms with Crippen LogP contribution < -0.4 is 10.2 Å². The fourth-order valence-corrected chi connectivity index (χ4v) is 2.23. The number of aryl methyl sites for hydroxylation is 1. The number of rotatable bonds is 4. The van der Waals surface area contributed by atoms with Crippen molar-refractivity contribution in [2.24, 2.45) is 0 Å². The lowest BCUT2D eigenvalue weighted by Gasteiger charge is -2.21. The molecule has 2 amide bonds. The lowest BCUT2D eigenvalue weighted by atomic mass is 10.2. The number of nitrogens with one attached hydrogen (secondary N) is 1. The van der Waals surface area contributed by atoms with Crippen molar-refractivity contribution in [3.63, 3.8) is 0 Å². The molecule has 2 rings (SSSR count). The Balaban J connectivity index is 2.14. The minimum atomic E-state index is -0.561. The first-order valence-electron chi connectivity index (χ1n) is 6.97. The van der Waals surface area contributed by atoms with Gasteiger partial charge >= 0.3 is 0 Å². The molecule has 0 saturated heterocycles. The quantitative estimate of drug-likeness (QED) is 0.925. The Morgan fingerprint density at radius 1 is 1.22 bits per heavy atom. The molecular formula is C17H16ClFN2O2. The van der Waals surface area contributed by atoms with Gasteiger partial charge in [0.15, 0.2) is 0 Å². The maximum absolute atomic E-state index is 13.8. The number of nitrogens with zero attached hydrogens (tertiary/aromatic N) is 1. The highest BCUT2D eigenvalue weighted by molar-refractivity contribution is 6.31. The maximum Gasteiger partial charge on any atom is 0.244 e. The summed E-state index contributed by atoms with van der Waals surface area (Å²) in [5.41, 5.74) is 1.47. The monoisotopic (exact) mass is 334 g/mol. The van der Waals surface area contributed by atoms with Crippen LogP contribution in [0.1, 0.15) is 12.5 Å². The zero-order valence-electron chi connectivity index (χ0n) is 12.8. The Kier molecular flexibility index (Phi) is 5.34. The maximum atomic E-state index is 13.8. The predicted molar refractivity (Wildman–Crippen MR) is 89.2 cm³/mol. The Morgan fingerprint density at radius 3 is 2.52 bits per heavy atom. The molecule has 120 valence electrons. The number of carbonyl (C=O) groups is 2. The number of anilines is 2. The van der Waals surface area contributed by atoms with Crippen molar-refractivity contribution >= 4 is 34.8 Å². The SMILES string of the molecule is CC(=O)N(CC(=O)Nc1ccc(C)c(Cl)c1)c1ccccc1F. The third-order valence-corrected chi connectivity index (χ3v) is 3.69. The average Bonchev–Trinajstić information content (AvgIpc) is 2.49. The number of halogens is 2. The third kappa shape index (κ3) is 4.29. The van der Waals surface area contributed by atoms with E-state index in [4.69, 9.17) is 11.6 Å². The standard InChI is InChI=1S/C17H16ClFN2O2/c1-11-7-8-13(9-14(11)18)20-17(23)10-21(12(2)22)16-6-4-3-5-15(16)19/h3-9H,10H2,1-2H3,(H,20,23). The molecule has 0 aromatic heterocycles. The molecule has 0 unspecified atom stereocenters. The second kappa shape index (κ2) is 7.24. The van der Waals surface area contributed by atoms with Crippen LogP contribution in [0.15, 0.2) is 42.5 Å². The van der Waals surface area contributed by atoms with Gasteiger partial charge in [0.1, 0.15) is 12.4 Å². The topological polar surface area (TPSA) is 49.4 Å². The molecule has 0 aliphatic rings. The van der Waals surface area contributed by atoms with Crippen LogP contribution in [0.2, 0.25) is 5.02 Å². The fourth-order valence-electron chi connectivity index (χ4n) is 2.05. The molecule has 0 atom stereocenters. The predicted octanol–water partition coefficient (Wildman–Crippen LogP) is 3.78.